The van der Waals surface area contributed by atoms with Crippen LogP contribution in [0, 0.1) is 11.5 Å². The number of benzene rings is 3. The Morgan fingerprint density at radius 3 is 2.36 bits per heavy atom. The molecule has 3 N–H and O–H groups in total. The minimum Gasteiger partial charge on any atom is -0.744 e. The summed E-state index contributed by atoms with van der Waals surface area (Å²) in [5.41, 5.74) is -0.277. The van der Waals surface area contributed by atoms with E-state index in [-0.39, 0.29) is 158 Å². The van der Waals surface area contributed by atoms with E-state index in [4.69, 9.17) is 26.5 Å². The molecular formula is C23H16ClN8Na3O14S4. The van der Waals surface area contributed by atoms with E-state index in [0.29, 0.717) is 17.6 Å². The fourth-order valence-electron chi connectivity index (χ4n) is 3.84. The van der Waals surface area contributed by atoms with Crippen LogP contribution in [-0.2, 0) is 49.9 Å². The maximum Gasteiger partial charge on any atom is 1.00 e. The largest absolute Gasteiger partial charge is 1.00 e. The van der Waals surface area contributed by atoms with Crippen molar-refractivity contribution in [3.8, 4) is 17.7 Å². The smallest absolute Gasteiger partial charge is 0.744 e. The monoisotopic (exact) mass is 860 g/mol. The third-order valence-electron chi connectivity index (χ3n) is 5.67. The van der Waals surface area contributed by atoms with Crippen molar-refractivity contribution in [2.75, 3.05) is 23.7 Å². The summed E-state index contributed by atoms with van der Waals surface area (Å²) < 4.78 is 87.3. The van der Waals surface area contributed by atoms with Crippen LogP contribution in [0.2, 0.25) is 5.28 Å². The molecule has 0 bridgehead atoms. The molecular weight excluding hydrogens is 845 g/mol. The Morgan fingerprint density at radius 1 is 1.00 bits per heavy atom. The van der Waals surface area contributed by atoms with Crippen LogP contribution >= 0.6 is 35.7 Å². The van der Waals surface area contributed by atoms with Gasteiger partial charge < -0.3 is 29.5 Å². The van der Waals surface area contributed by atoms with Crippen LogP contribution in [0.15, 0.2) is 56.4 Å². The second-order valence-corrected chi connectivity index (χ2v) is 12.8. The van der Waals surface area contributed by atoms with Gasteiger partial charge >= 0.3 is 88.7 Å². The normalized spacial score (nSPS) is 11.2. The standard InChI is InChI=1S/C23H19ClN8O14S4.3Na/c1-41-16-5-2-11(8-42-45-47-10-43-50(38,39)40)6-15(16)31-32-18-17(48-46-44-34)7-13-12(19(18)33)3-4-14(20(13)49(35,36)37)27-23-29-21(24)28-22(30-23)26-9-25;;;/h2-7,33-34H,8,10H2,1H3,(H,35,36,37)(H,38,39,40)(H2,26,27,28,29,30);;;/q;3*+1/p-3. The first kappa shape index (κ1) is 49.8. The molecule has 53 heavy (non-hydrogen) atoms. The Kier molecular flexibility index (Phi) is 21.7. The zero-order valence-corrected chi connectivity index (χ0v) is 37.3. The van der Waals surface area contributed by atoms with Crippen molar-refractivity contribution in [2.45, 2.75) is 16.4 Å². The Balaban J connectivity index is 0.00000468. The number of nitriles is 1. The molecule has 0 atom stereocenters. The minimum atomic E-state index is -5.35. The summed E-state index contributed by atoms with van der Waals surface area (Å²) in [4.78, 5) is 15.1. The number of hydrogen-bond donors (Lipinski definition) is 3. The number of halogens is 1. The third-order valence-corrected chi connectivity index (χ3v) is 8.36. The molecule has 0 saturated carbocycles. The number of methoxy groups -OCH3 is 1. The van der Waals surface area contributed by atoms with E-state index in [2.05, 4.69) is 53.7 Å². The molecule has 0 aliphatic heterocycles. The minimum absolute atomic E-state index is 0. The van der Waals surface area contributed by atoms with Crippen LogP contribution in [0.25, 0.3) is 10.8 Å². The van der Waals surface area contributed by atoms with E-state index < -0.39 is 42.4 Å². The molecule has 30 heteroatoms. The van der Waals surface area contributed by atoms with Crippen LogP contribution < -0.4 is 109 Å². The number of nitrogens with one attached hydrogen (secondary N) is 2. The number of anilines is 3. The average Bonchev–Trinajstić information content (AvgIpc) is 3.03. The van der Waals surface area contributed by atoms with Crippen molar-refractivity contribution in [3.63, 3.8) is 0 Å². The summed E-state index contributed by atoms with van der Waals surface area (Å²) in [5.74, 6) is -1.87. The quantitative estimate of drug-likeness (QED) is 0.00761. The van der Waals surface area contributed by atoms with Crippen molar-refractivity contribution in [1.82, 2.24) is 15.0 Å². The Morgan fingerprint density at radius 2 is 1.72 bits per heavy atom. The second-order valence-electron chi connectivity index (χ2n) is 8.69. The predicted octanol–water partition coefficient (Wildman–Crippen LogP) is -5.88. The van der Waals surface area contributed by atoms with Crippen molar-refractivity contribution < 1.29 is 152 Å². The van der Waals surface area contributed by atoms with Crippen molar-refractivity contribution in [1.29, 1.82) is 5.26 Å². The summed E-state index contributed by atoms with van der Waals surface area (Å²) in [7, 11) is -8.94. The van der Waals surface area contributed by atoms with Crippen LogP contribution in [-0.4, -0.2) is 59.0 Å². The first-order valence-corrected chi connectivity index (χ1v) is 17.4. The fourth-order valence-corrected chi connectivity index (χ4v) is 6.09. The van der Waals surface area contributed by atoms with Gasteiger partial charge in [0.15, 0.2) is 11.9 Å². The average molecular weight is 861 g/mol. The van der Waals surface area contributed by atoms with Gasteiger partial charge in [0.2, 0.25) is 27.6 Å². The molecule has 0 aliphatic carbocycles. The molecule has 22 nitrogen and oxygen atoms in total. The van der Waals surface area contributed by atoms with E-state index in [1.807, 2.05) is 0 Å². The Hall–Kier alpha value is -1.21. The van der Waals surface area contributed by atoms with E-state index in [1.165, 1.54) is 25.3 Å². The summed E-state index contributed by atoms with van der Waals surface area (Å²) in [5, 5.41) is 45.9. The Labute approximate surface area is 379 Å². The van der Waals surface area contributed by atoms with Crippen LogP contribution in [0.1, 0.15) is 5.56 Å². The number of azo groups is 1. The number of hydrogen-bond acceptors (Lipinski definition) is 24. The molecule has 0 unspecified atom stereocenters. The van der Waals surface area contributed by atoms with Crippen LogP contribution in [0.4, 0.5) is 29.0 Å². The van der Waals surface area contributed by atoms with Crippen molar-refractivity contribution in [2.24, 2.45) is 10.2 Å². The second kappa shape index (κ2) is 23.1. The number of fused-ring (bicyclic) bond motifs is 1. The van der Waals surface area contributed by atoms with Gasteiger partial charge in [-0.1, -0.05) is 6.07 Å². The van der Waals surface area contributed by atoms with E-state index >= 15 is 0 Å². The first-order valence-electron chi connectivity index (χ1n) is 12.6. The summed E-state index contributed by atoms with van der Waals surface area (Å²) in [6.45, 7) is -0.226. The van der Waals surface area contributed by atoms with E-state index in [9.17, 15) is 36.3 Å². The molecule has 0 saturated heterocycles. The van der Waals surface area contributed by atoms with E-state index in [0.717, 1.165) is 12.1 Å². The third kappa shape index (κ3) is 14.7. The number of nitrogens with zero attached hydrogens (tertiary/aromatic N) is 6. The number of rotatable bonds is 17. The van der Waals surface area contributed by atoms with Crippen molar-refractivity contribution >= 4 is 95.9 Å². The van der Waals surface area contributed by atoms with Gasteiger partial charge in [-0.05, 0) is 47.5 Å². The summed E-state index contributed by atoms with van der Waals surface area (Å²) in [6, 6.07) is 7.79. The Bertz CT molecular complexity index is 2190. The molecule has 3 aromatic carbocycles. The molecule has 0 aliphatic rings. The number of aromatic hydroxyl groups is 1. The molecule has 0 spiro atoms. The molecule has 4 rings (SSSR count). The topological polar surface area (TPSA) is 324 Å². The van der Waals surface area contributed by atoms with Gasteiger partial charge in [-0.15, -0.1) is 10.2 Å². The van der Waals surface area contributed by atoms with Gasteiger partial charge in [-0.3, -0.25) is 14.5 Å². The van der Waals surface area contributed by atoms with Gasteiger partial charge in [-0.25, -0.2) is 21.7 Å². The number of phenols is 1. The molecule has 266 valence electrons. The molecule has 1 heterocycles. The first-order chi connectivity index (χ1) is 23.7. The van der Waals surface area contributed by atoms with Crippen molar-refractivity contribution in [3.05, 3.63) is 47.2 Å². The molecule has 4 aromatic rings. The summed E-state index contributed by atoms with van der Waals surface area (Å²) in [6.07, 6.45) is 1.57. The van der Waals surface area contributed by atoms with Gasteiger partial charge in [0.25, 0.3) is 0 Å². The summed E-state index contributed by atoms with van der Waals surface area (Å²) >= 11 is 6.42. The van der Waals surface area contributed by atoms with Gasteiger partial charge in [-0.2, -0.15) is 28.9 Å². The number of phenolic OH excluding ortho intramolecular Hbond substituents is 1. The fraction of sp³-hybridized carbons (Fsp3) is 0.130. The maximum atomic E-state index is 12.6. The number of aromatic nitrogens is 3. The number of ether oxygens (including phenoxy) is 1. The van der Waals surface area contributed by atoms with Gasteiger partial charge in [0.1, 0.15) is 39.8 Å². The zero-order chi connectivity index (χ0) is 36.5. The van der Waals surface area contributed by atoms with Crippen LogP contribution in [0.3, 0.4) is 0 Å². The molecule has 0 amide bonds. The predicted molar refractivity (Wildman–Crippen MR) is 165 cm³/mol. The maximum absolute atomic E-state index is 12.6. The van der Waals surface area contributed by atoms with E-state index in [1.54, 1.807) is 12.3 Å². The SMILES string of the molecule is COc1ccc(COOSCOS(=O)(=O)[O-])cc1N=Nc1c(SOO[O-])cc2c(S(=O)(=O)[O-])c(Nc3nc(Cl)nc(NC#N)n3)ccc2c1O.[Na+].[Na+].[Na+]. The molecule has 0 fully saturated rings. The zero-order valence-electron chi connectivity index (χ0n) is 27.3. The van der Waals surface area contributed by atoms with Gasteiger partial charge in [0.05, 0.1) is 46.7 Å². The molecule has 1 aromatic heterocycles. The molecule has 0 radical (unpaired) electrons. The van der Waals surface area contributed by atoms with Crippen LogP contribution in [0.5, 0.6) is 11.5 Å². The van der Waals surface area contributed by atoms with Gasteiger partial charge in [0, 0.05) is 10.8 Å².